The first kappa shape index (κ1) is 22.0. The van der Waals surface area contributed by atoms with Crippen molar-refractivity contribution in [3.05, 3.63) is 65.1 Å². The van der Waals surface area contributed by atoms with Crippen LogP contribution in [0.2, 0.25) is 0 Å². The van der Waals surface area contributed by atoms with E-state index in [0.29, 0.717) is 26.1 Å². The molecule has 1 N–H and O–H groups in total. The number of hydrogen-bond donors (Lipinski definition) is 1. The maximum atomic E-state index is 12.9. The Hall–Kier alpha value is -2.81. The smallest absolute Gasteiger partial charge is 0.227 e. The summed E-state index contributed by atoms with van der Waals surface area (Å²) in [5, 5.41) is 14.6. The van der Waals surface area contributed by atoms with Gasteiger partial charge in [0.25, 0.3) is 0 Å². The molecule has 174 valence electrons. The third-order valence-electron chi connectivity index (χ3n) is 6.73. The Morgan fingerprint density at radius 3 is 2.73 bits per heavy atom. The van der Waals surface area contributed by atoms with Crippen molar-refractivity contribution in [1.29, 1.82) is 0 Å². The summed E-state index contributed by atoms with van der Waals surface area (Å²) in [6.07, 6.45) is 3.38. The van der Waals surface area contributed by atoms with Gasteiger partial charge in [0, 0.05) is 37.9 Å². The summed E-state index contributed by atoms with van der Waals surface area (Å²) in [7, 11) is 0. The molecule has 0 radical (unpaired) electrons. The Kier molecular flexibility index (Phi) is 6.39. The molecule has 0 saturated carbocycles. The van der Waals surface area contributed by atoms with Crippen LogP contribution in [0, 0.1) is 6.92 Å². The molecule has 2 aliphatic heterocycles. The largest absolute Gasteiger partial charge is 0.393 e. The maximum absolute atomic E-state index is 12.9. The fourth-order valence-electron chi connectivity index (χ4n) is 4.78. The van der Waals surface area contributed by atoms with E-state index in [1.54, 1.807) is 0 Å². The van der Waals surface area contributed by atoms with Crippen LogP contribution >= 0.6 is 0 Å². The second-order valence-corrected chi connectivity index (χ2v) is 9.04. The van der Waals surface area contributed by atoms with Crippen LogP contribution in [0.1, 0.15) is 41.5 Å². The van der Waals surface area contributed by atoms with E-state index < -0.39 is 0 Å². The van der Waals surface area contributed by atoms with E-state index in [9.17, 15) is 9.90 Å². The van der Waals surface area contributed by atoms with Gasteiger partial charge in [-0.05, 0) is 31.4 Å². The van der Waals surface area contributed by atoms with Crippen LogP contribution in [-0.2, 0) is 22.5 Å². The molecule has 2 fully saturated rings. The molecule has 0 bridgehead atoms. The zero-order valence-corrected chi connectivity index (χ0v) is 19.1. The second kappa shape index (κ2) is 9.59. The summed E-state index contributed by atoms with van der Waals surface area (Å²) in [4.78, 5) is 21.8. The zero-order chi connectivity index (χ0) is 22.8. The van der Waals surface area contributed by atoms with Crippen LogP contribution in [0.3, 0.4) is 0 Å². The molecular formula is C25H31N5O3. The predicted octanol–water partition coefficient (Wildman–Crippen LogP) is 2.14. The van der Waals surface area contributed by atoms with Gasteiger partial charge in [0.1, 0.15) is 6.10 Å². The van der Waals surface area contributed by atoms with Gasteiger partial charge in [-0.15, -0.1) is 0 Å². The monoisotopic (exact) mass is 449 g/mol. The molecular weight excluding hydrogens is 418 g/mol. The molecule has 2 aliphatic rings. The number of ether oxygens (including phenoxy) is 1. The number of aliphatic hydroxyl groups excluding tert-OH is 1. The van der Waals surface area contributed by atoms with E-state index >= 15 is 0 Å². The van der Waals surface area contributed by atoms with Crippen LogP contribution in [0.25, 0.3) is 5.65 Å². The van der Waals surface area contributed by atoms with E-state index in [2.05, 4.69) is 9.88 Å². The van der Waals surface area contributed by atoms with Gasteiger partial charge < -0.3 is 14.7 Å². The van der Waals surface area contributed by atoms with Gasteiger partial charge in [-0.1, -0.05) is 30.3 Å². The number of benzene rings is 1. The Labute approximate surface area is 193 Å². The molecule has 33 heavy (non-hydrogen) atoms. The number of carbonyl (C=O) groups excluding carboxylic acids is 1. The molecule has 1 aromatic carbocycles. The van der Waals surface area contributed by atoms with Crippen molar-refractivity contribution in [2.45, 2.75) is 44.9 Å². The standard InChI is InChI=1S/C25H31N5O3/c1-18-21(16-28-11-8-20(31)9-12-28)25-26-10-7-22(30(25)27-18)23-17-29(13-14-33-23)24(32)15-19-5-3-2-4-6-19/h2-7,10,20,23,31H,8-9,11-17H2,1H3/t23-/m0/s1. The Balaban J connectivity index is 1.34. The molecule has 0 spiro atoms. The molecule has 3 aromatic rings. The SMILES string of the molecule is Cc1nn2c([C@@H]3CN(C(=O)Cc4ccccc4)CCO3)ccnc2c1CN1CCC(O)CC1. The molecule has 2 saturated heterocycles. The summed E-state index contributed by atoms with van der Waals surface area (Å²) in [5.41, 5.74) is 4.84. The van der Waals surface area contributed by atoms with Gasteiger partial charge in [-0.2, -0.15) is 5.10 Å². The number of amides is 1. The van der Waals surface area contributed by atoms with Crippen molar-refractivity contribution < 1.29 is 14.6 Å². The number of nitrogens with zero attached hydrogens (tertiary/aromatic N) is 5. The number of aromatic nitrogens is 3. The molecule has 4 heterocycles. The minimum Gasteiger partial charge on any atom is -0.393 e. The van der Waals surface area contributed by atoms with Crippen LogP contribution in [0.15, 0.2) is 42.6 Å². The van der Waals surface area contributed by atoms with E-state index in [1.165, 1.54) is 0 Å². The molecule has 2 aromatic heterocycles. The summed E-state index contributed by atoms with van der Waals surface area (Å²) in [6.45, 7) is 6.14. The number of piperidine rings is 1. The number of aliphatic hydroxyl groups is 1. The molecule has 1 amide bonds. The van der Waals surface area contributed by atoms with E-state index in [0.717, 1.165) is 60.6 Å². The highest BCUT2D eigenvalue weighted by atomic mass is 16.5. The van der Waals surface area contributed by atoms with E-state index in [1.807, 2.05) is 58.9 Å². The Bertz CT molecular complexity index is 1110. The lowest BCUT2D eigenvalue weighted by molar-refractivity contribution is -0.138. The third-order valence-corrected chi connectivity index (χ3v) is 6.73. The number of fused-ring (bicyclic) bond motifs is 1. The molecule has 5 rings (SSSR count). The van der Waals surface area contributed by atoms with Crippen LogP contribution in [0.5, 0.6) is 0 Å². The van der Waals surface area contributed by atoms with Crippen molar-refractivity contribution in [2.24, 2.45) is 0 Å². The number of hydrogen-bond acceptors (Lipinski definition) is 6. The van der Waals surface area contributed by atoms with Gasteiger partial charge in [-0.3, -0.25) is 9.69 Å². The minimum atomic E-state index is -0.249. The lowest BCUT2D eigenvalue weighted by atomic mass is 10.1. The molecule has 1 atom stereocenters. The summed E-state index contributed by atoms with van der Waals surface area (Å²) in [6, 6.07) is 11.8. The molecule has 0 unspecified atom stereocenters. The Morgan fingerprint density at radius 1 is 1.15 bits per heavy atom. The normalized spacial score (nSPS) is 20.4. The minimum absolute atomic E-state index is 0.115. The van der Waals surface area contributed by atoms with Gasteiger partial charge >= 0.3 is 0 Å². The number of rotatable bonds is 5. The van der Waals surface area contributed by atoms with Gasteiger partial charge in [0.15, 0.2) is 5.65 Å². The first-order chi connectivity index (χ1) is 16.1. The molecule has 8 nitrogen and oxygen atoms in total. The van der Waals surface area contributed by atoms with Gasteiger partial charge in [0.05, 0.1) is 37.1 Å². The average molecular weight is 450 g/mol. The topological polar surface area (TPSA) is 83.2 Å². The highest BCUT2D eigenvalue weighted by Gasteiger charge is 2.28. The fraction of sp³-hybridized carbons (Fsp3) is 0.480. The number of aryl methyl sites for hydroxylation is 1. The van der Waals surface area contributed by atoms with E-state index in [4.69, 9.17) is 9.84 Å². The van der Waals surface area contributed by atoms with Crippen molar-refractivity contribution in [1.82, 2.24) is 24.4 Å². The lowest BCUT2D eigenvalue weighted by Crippen LogP contribution is -2.43. The average Bonchev–Trinajstić information content (AvgIpc) is 3.16. The Morgan fingerprint density at radius 2 is 1.94 bits per heavy atom. The predicted molar refractivity (Wildman–Crippen MR) is 124 cm³/mol. The highest BCUT2D eigenvalue weighted by molar-refractivity contribution is 5.78. The zero-order valence-electron chi connectivity index (χ0n) is 19.1. The van der Waals surface area contributed by atoms with Gasteiger partial charge in [-0.25, -0.2) is 9.50 Å². The number of carbonyl (C=O) groups is 1. The van der Waals surface area contributed by atoms with Crippen LogP contribution in [0.4, 0.5) is 0 Å². The third kappa shape index (κ3) is 4.78. The van der Waals surface area contributed by atoms with E-state index in [-0.39, 0.29) is 18.1 Å². The van der Waals surface area contributed by atoms with Gasteiger partial charge in [0.2, 0.25) is 5.91 Å². The van der Waals surface area contributed by atoms with Crippen molar-refractivity contribution in [2.75, 3.05) is 32.8 Å². The number of likely N-dealkylation sites (tertiary alicyclic amines) is 1. The number of morpholine rings is 1. The summed E-state index contributed by atoms with van der Waals surface area (Å²) >= 11 is 0. The lowest BCUT2D eigenvalue weighted by Gasteiger charge is -2.33. The first-order valence-electron chi connectivity index (χ1n) is 11.8. The molecule has 0 aliphatic carbocycles. The fourth-order valence-corrected chi connectivity index (χ4v) is 4.78. The maximum Gasteiger partial charge on any atom is 0.227 e. The first-order valence-corrected chi connectivity index (χ1v) is 11.8. The summed E-state index contributed by atoms with van der Waals surface area (Å²) in [5.74, 6) is 0.115. The van der Waals surface area contributed by atoms with Crippen LogP contribution in [-0.4, -0.2) is 74.3 Å². The van der Waals surface area contributed by atoms with Crippen molar-refractivity contribution in [3.63, 3.8) is 0 Å². The van der Waals surface area contributed by atoms with Crippen molar-refractivity contribution >= 4 is 11.6 Å². The summed E-state index contributed by atoms with van der Waals surface area (Å²) < 4.78 is 7.98. The van der Waals surface area contributed by atoms with Crippen LogP contribution < -0.4 is 0 Å². The van der Waals surface area contributed by atoms with Crippen molar-refractivity contribution in [3.8, 4) is 0 Å². The highest BCUT2D eigenvalue weighted by Crippen LogP contribution is 2.26. The second-order valence-electron chi connectivity index (χ2n) is 9.04. The molecule has 8 heteroatoms. The quantitative estimate of drug-likeness (QED) is 0.643.